The molecule has 104 valence electrons. The minimum Gasteiger partial charge on any atom is -0.326 e. The molecule has 0 atom stereocenters. The number of nitrogens with one attached hydrogen (secondary N) is 1. The summed E-state index contributed by atoms with van der Waals surface area (Å²) in [7, 11) is 3.91. The molecule has 0 saturated carbocycles. The van der Waals surface area contributed by atoms with Crippen LogP contribution in [-0.4, -0.2) is 36.4 Å². The number of amides is 1. The van der Waals surface area contributed by atoms with Gasteiger partial charge in [-0.15, -0.1) is 0 Å². The zero-order chi connectivity index (χ0) is 14.4. The molecule has 0 saturated heterocycles. The minimum absolute atomic E-state index is 0.0374. The van der Waals surface area contributed by atoms with Gasteiger partial charge in [-0.2, -0.15) is 0 Å². The Hall–Kier alpha value is -2.20. The molecule has 0 spiro atoms. The van der Waals surface area contributed by atoms with Crippen molar-refractivity contribution in [3.63, 3.8) is 0 Å². The maximum Gasteiger partial charge on any atom is 0.225 e. The lowest BCUT2D eigenvalue weighted by molar-refractivity contribution is -0.116. The van der Waals surface area contributed by atoms with Gasteiger partial charge in [-0.05, 0) is 49.5 Å². The Kier molecular flexibility index (Phi) is 4.85. The average molecular weight is 269 g/mol. The number of hydrogen-bond acceptors (Lipinski definition) is 3. The van der Waals surface area contributed by atoms with Crippen molar-refractivity contribution in [1.82, 2.24) is 9.88 Å². The highest BCUT2D eigenvalue weighted by Gasteiger charge is 2.03. The van der Waals surface area contributed by atoms with E-state index in [1.165, 1.54) is 0 Å². The fourth-order valence-electron chi connectivity index (χ4n) is 1.84. The SMILES string of the molecule is CN(C)CCC(=O)Nc1ccc(-c2ccncc2)cc1. The number of aromatic nitrogens is 1. The molecule has 1 amide bonds. The van der Waals surface area contributed by atoms with Crippen molar-refractivity contribution in [2.24, 2.45) is 0 Å². The van der Waals surface area contributed by atoms with E-state index in [1.54, 1.807) is 12.4 Å². The fourth-order valence-corrected chi connectivity index (χ4v) is 1.84. The van der Waals surface area contributed by atoms with Crippen LogP contribution >= 0.6 is 0 Å². The molecule has 0 radical (unpaired) electrons. The number of anilines is 1. The van der Waals surface area contributed by atoms with Crippen LogP contribution in [0.5, 0.6) is 0 Å². The quantitative estimate of drug-likeness (QED) is 0.907. The van der Waals surface area contributed by atoms with Crippen molar-refractivity contribution in [1.29, 1.82) is 0 Å². The molecular formula is C16H19N3O. The number of pyridine rings is 1. The van der Waals surface area contributed by atoms with Crippen molar-refractivity contribution in [2.45, 2.75) is 6.42 Å². The van der Waals surface area contributed by atoms with Crippen molar-refractivity contribution in [3.8, 4) is 11.1 Å². The standard InChI is InChI=1S/C16H19N3O/c1-19(2)12-9-16(20)18-15-5-3-13(4-6-15)14-7-10-17-11-8-14/h3-8,10-11H,9,12H2,1-2H3,(H,18,20). The van der Waals surface area contributed by atoms with Gasteiger partial charge in [0.1, 0.15) is 0 Å². The van der Waals surface area contributed by atoms with E-state index in [2.05, 4.69) is 10.3 Å². The molecule has 0 fully saturated rings. The maximum absolute atomic E-state index is 11.7. The van der Waals surface area contributed by atoms with Crippen LogP contribution in [0.1, 0.15) is 6.42 Å². The van der Waals surface area contributed by atoms with Gasteiger partial charge in [-0.25, -0.2) is 0 Å². The van der Waals surface area contributed by atoms with Gasteiger partial charge in [0.05, 0.1) is 0 Å². The Labute approximate surface area is 119 Å². The number of nitrogens with zero attached hydrogens (tertiary/aromatic N) is 2. The second-order valence-corrected chi connectivity index (χ2v) is 4.91. The predicted octanol–water partition coefficient (Wildman–Crippen LogP) is 2.64. The smallest absolute Gasteiger partial charge is 0.225 e. The summed E-state index contributed by atoms with van der Waals surface area (Å²) in [6, 6.07) is 11.8. The summed E-state index contributed by atoms with van der Waals surface area (Å²) in [4.78, 5) is 17.7. The van der Waals surface area contributed by atoms with Gasteiger partial charge in [0.15, 0.2) is 0 Å². The number of hydrogen-bond donors (Lipinski definition) is 1. The van der Waals surface area contributed by atoms with Gasteiger partial charge < -0.3 is 10.2 Å². The molecular weight excluding hydrogens is 250 g/mol. The van der Waals surface area contributed by atoms with Crippen LogP contribution in [-0.2, 0) is 4.79 Å². The molecule has 1 aromatic carbocycles. The highest BCUT2D eigenvalue weighted by Crippen LogP contribution is 2.20. The summed E-state index contributed by atoms with van der Waals surface area (Å²) < 4.78 is 0. The topological polar surface area (TPSA) is 45.2 Å². The molecule has 0 unspecified atom stereocenters. The molecule has 2 rings (SSSR count). The van der Waals surface area contributed by atoms with E-state index in [-0.39, 0.29) is 5.91 Å². The van der Waals surface area contributed by atoms with Crippen LogP contribution in [0, 0.1) is 0 Å². The van der Waals surface area contributed by atoms with E-state index in [0.717, 1.165) is 23.4 Å². The predicted molar refractivity (Wildman–Crippen MR) is 81.5 cm³/mol. The first kappa shape index (κ1) is 14.2. The molecule has 1 N–H and O–H groups in total. The molecule has 4 nitrogen and oxygen atoms in total. The zero-order valence-electron chi connectivity index (χ0n) is 11.8. The van der Waals surface area contributed by atoms with Crippen LogP contribution in [0.2, 0.25) is 0 Å². The van der Waals surface area contributed by atoms with Crippen molar-refractivity contribution in [2.75, 3.05) is 26.0 Å². The van der Waals surface area contributed by atoms with Crippen LogP contribution in [0.25, 0.3) is 11.1 Å². The lowest BCUT2D eigenvalue weighted by atomic mass is 10.1. The summed E-state index contributed by atoms with van der Waals surface area (Å²) in [6.07, 6.45) is 4.04. The van der Waals surface area contributed by atoms with Gasteiger partial charge in [-0.3, -0.25) is 9.78 Å². The largest absolute Gasteiger partial charge is 0.326 e. The summed E-state index contributed by atoms with van der Waals surface area (Å²) in [5.41, 5.74) is 3.05. The second-order valence-electron chi connectivity index (χ2n) is 4.91. The Bertz CT molecular complexity index is 550. The molecule has 0 aliphatic carbocycles. The van der Waals surface area contributed by atoms with Crippen molar-refractivity contribution < 1.29 is 4.79 Å². The number of carbonyl (C=O) groups is 1. The van der Waals surface area contributed by atoms with Gasteiger partial charge in [0.2, 0.25) is 5.91 Å². The summed E-state index contributed by atoms with van der Waals surface area (Å²) >= 11 is 0. The Morgan fingerprint density at radius 2 is 1.65 bits per heavy atom. The number of rotatable bonds is 5. The van der Waals surface area contributed by atoms with E-state index in [4.69, 9.17) is 0 Å². The molecule has 1 aromatic heterocycles. The van der Waals surface area contributed by atoms with Gasteiger partial charge in [0, 0.05) is 31.0 Å². The monoisotopic (exact) mass is 269 g/mol. The van der Waals surface area contributed by atoms with Gasteiger partial charge >= 0.3 is 0 Å². The first-order valence-electron chi connectivity index (χ1n) is 6.60. The van der Waals surface area contributed by atoms with E-state index < -0.39 is 0 Å². The van der Waals surface area contributed by atoms with Crippen LogP contribution in [0.4, 0.5) is 5.69 Å². The number of carbonyl (C=O) groups excluding carboxylic acids is 1. The van der Waals surface area contributed by atoms with Crippen LogP contribution in [0.15, 0.2) is 48.8 Å². The molecule has 20 heavy (non-hydrogen) atoms. The normalized spacial score (nSPS) is 10.6. The first-order chi connectivity index (χ1) is 9.65. The first-order valence-corrected chi connectivity index (χ1v) is 6.60. The third-order valence-electron chi connectivity index (χ3n) is 2.97. The lowest BCUT2D eigenvalue weighted by Gasteiger charge is -2.10. The third-order valence-corrected chi connectivity index (χ3v) is 2.97. The van der Waals surface area contributed by atoms with Crippen molar-refractivity contribution in [3.05, 3.63) is 48.8 Å². The molecule has 0 bridgehead atoms. The van der Waals surface area contributed by atoms with E-state index in [0.29, 0.717) is 6.42 Å². The number of benzene rings is 1. The highest BCUT2D eigenvalue weighted by molar-refractivity contribution is 5.91. The summed E-state index contributed by atoms with van der Waals surface area (Å²) in [5.74, 6) is 0.0374. The third kappa shape index (κ3) is 4.17. The molecule has 0 aliphatic rings. The van der Waals surface area contributed by atoms with Crippen molar-refractivity contribution >= 4 is 11.6 Å². The Morgan fingerprint density at radius 1 is 1.05 bits per heavy atom. The fraction of sp³-hybridized carbons (Fsp3) is 0.250. The van der Waals surface area contributed by atoms with Crippen LogP contribution in [0.3, 0.4) is 0 Å². The highest BCUT2D eigenvalue weighted by atomic mass is 16.1. The van der Waals surface area contributed by atoms with E-state index in [9.17, 15) is 4.79 Å². The molecule has 1 heterocycles. The van der Waals surface area contributed by atoms with Crippen LogP contribution < -0.4 is 5.32 Å². The van der Waals surface area contributed by atoms with E-state index in [1.807, 2.05) is 55.4 Å². The Morgan fingerprint density at radius 3 is 2.25 bits per heavy atom. The maximum atomic E-state index is 11.7. The zero-order valence-corrected chi connectivity index (χ0v) is 11.8. The molecule has 0 aliphatic heterocycles. The van der Waals surface area contributed by atoms with Gasteiger partial charge in [0.25, 0.3) is 0 Å². The summed E-state index contributed by atoms with van der Waals surface area (Å²) in [5, 5.41) is 2.90. The Balaban J connectivity index is 1.97. The molecule has 4 heteroatoms. The average Bonchev–Trinajstić information content (AvgIpc) is 2.47. The van der Waals surface area contributed by atoms with Gasteiger partial charge in [-0.1, -0.05) is 12.1 Å². The molecule has 2 aromatic rings. The summed E-state index contributed by atoms with van der Waals surface area (Å²) in [6.45, 7) is 0.751. The van der Waals surface area contributed by atoms with E-state index >= 15 is 0 Å². The second kappa shape index (κ2) is 6.82. The lowest BCUT2D eigenvalue weighted by Crippen LogP contribution is -2.20. The minimum atomic E-state index is 0.0374.